The lowest BCUT2D eigenvalue weighted by atomic mass is 9.91. The monoisotopic (exact) mass is 402 g/mol. The van der Waals surface area contributed by atoms with E-state index in [1.165, 1.54) is 22.2 Å². The molecule has 0 bridgehead atoms. The Kier molecular flexibility index (Phi) is 5.07. The van der Waals surface area contributed by atoms with E-state index in [1.54, 1.807) is 14.2 Å². The van der Waals surface area contributed by atoms with Gasteiger partial charge in [0, 0.05) is 35.8 Å². The van der Waals surface area contributed by atoms with E-state index in [0.29, 0.717) is 6.61 Å². The summed E-state index contributed by atoms with van der Waals surface area (Å²) >= 11 is 0. The average molecular weight is 402 g/mol. The number of aromatic nitrogens is 1. The molecule has 154 valence electrons. The van der Waals surface area contributed by atoms with Gasteiger partial charge in [-0.2, -0.15) is 0 Å². The Morgan fingerprint density at radius 1 is 1.00 bits per heavy atom. The first kappa shape index (κ1) is 19.0. The quantitative estimate of drug-likeness (QED) is 0.490. The van der Waals surface area contributed by atoms with Crippen molar-refractivity contribution in [3.63, 3.8) is 0 Å². The van der Waals surface area contributed by atoms with Crippen LogP contribution in [0.1, 0.15) is 34.4 Å². The largest absolute Gasteiger partial charge is 0.496 e. The van der Waals surface area contributed by atoms with Gasteiger partial charge in [-0.1, -0.05) is 36.4 Å². The summed E-state index contributed by atoms with van der Waals surface area (Å²) in [4.78, 5) is 6.17. The molecule has 5 rings (SSSR count). The van der Waals surface area contributed by atoms with Crippen LogP contribution in [-0.4, -0.2) is 30.6 Å². The van der Waals surface area contributed by atoms with Gasteiger partial charge in [-0.3, -0.25) is 4.90 Å². The van der Waals surface area contributed by atoms with E-state index in [9.17, 15) is 0 Å². The molecule has 0 aliphatic carbocycles. The number of ether oxygens (including phenoxy) is 2. The fraction of sp³-hybridized carbons (Fsp3) is 0.280. The van der Waals surface area contributed by atoms with Gasteiger partial charge in [-0.25, -0.2) is 0 Å². The van der Waals surface area contributed by atoms with Crippen LogP contribution in [0.25, 0.3) is 10.9 Å². The van der Waals surface area contributed by atoms with Gasteiger partial charge >= 0.3 is 0 Å². The van der Waals surface area contributed by atoms with Crippen LogP contribution in [0.3, 0.4) is 0 Å². The molecule has 5 heteroatoms. The summed E-state index contributed by atoms with van der Waals surface area (Å²) in [5, 5.41) is 1.31. The number of aromatic amines is 1. The van der Waals surface area contributed by atoms with Crippen molar-refractivity contribution in [2.75, 3.05) is 20.8 Å². The van der Waals surface area contributed by atoms with Crippen molar-refractivity contribution in [1.82, 2.24) is 9.88 Å². The third-order valence-corrected chi connectivity index (χ3v) is 5.93. The summed E-state index contributed by atoms with van der Waals surface area (Å²) < 4.78 is 17.0. The van der Waals surface area contributed by atoms with Crippen LogP contribution in [0.5, 0.6) is 5.75 Å². The number of benzene rings is 2. The van der Waals surface area contributed by atoms with Crippen LogP contribution in [-0.2, 0) is 24.3 Å². The lowest BCUT2D eigenvalue weighted by Gasteiger charge is -2.36. The molecule has 1 aliphatic rings. The van der Waals surface area contributed by atoms with Crippen molar-refractivity contribution in [2.24, 2.45) is 0 Å². The zero-order chi connectivity index (χ0) is 20.5. The van der Waals surface area contributed by atoms with E-state index in [-0.39, 0.29) is 6.04 Å². The van der Waals surface area contributed by atoms with E-state index in [4.69, 9.17) is 13.9 Å². The molecule has 5 nitrogen and oxygen atoms in total. The summed E-state index contributed by atoms with van der Waals surface area (Å²) in [5.41, 5.74) is 4.99. The highest BCUT2D eigenvalue weighted by atomic mass is 16.5. The topological polar surface area (TPSA) is 50.6 Å². The molecule has 0 saturated heterocycles. The van der Waals surface area contributed by atoms with Gasteiger partial charge in [-0.05, 0) is 36.2 Å². The second-order valence-electron chi connectivity index (χ2n) is 7.73. The Labute approximate surface area is 176 Å². The zero-order valence-corrected chi connectivity index (χ0v) is 17.4. The molecule has 2 aromatic heterocycles. The average Bonchev–Trinajstić information content (AvgIpc) is 3.38. The van der Waals surface area contributed by atoms with E-state index >= 15 is 0 Å². The summed E-state index contributed by atoms with van der Waals surface area (Å²) in [6.07, 6.45) is 0.997. The molecule has 1 N–H and O–H groups in total. The predicted molar refractivity (Wildman–Crippen MR) is 117 cm³/mol. The molecule has 0 amide bonds. The van der Waals surface area contributed by atoms with E-state index < -0.39 is 0 Å². The maximum atomic E-state index is 6.01. The fourth-order valence-corrected chi connectivity index (χ4v) is 4.63. The fourth-order valence-electron chi connectivity index (χ4n) is 4.63. The molecule has 1 aliphatic heterocycles. The second-order valence-corrected chi connectivity index (χ2v) is 7.73. The number of hydrogen-bond acceptors (Lipinski definition) is 4. The number of fused-ring (bicyclic) bond motifs is 3. The Hall–Kier alpha value is -3.02. The number of methoxy groups -OCH3 is 2. The van der Waals surface area contributed by atoms with Crippen molar-refractivity contribution in [1.29, 1.82) is 0 Å². The normalized spacial score (nSPS) is 16.7. The van der Waals surface area contributed by atoms with E-state index in [0.717, 1.165) is 42.3 Å². The minimum Gasteiger partial charge on any atom is -0.496 e. The molecule has 30 heavy (non-hydrogen) atoms. The van der Waals surface area contributed by atoms with Crippen LogP contribution >= 0.6 is 0 Å². The summed E-state index contributed by atoms with van der Waals surface area (Å²) in [6.45, 7) is 2.15. The summed E-state index contributed by atoms with van der Waals surface area (Å²) in [5.74, 6) is 2.70. The lowest BCUT2D eigenvalue weighted by molar-refractivity contribution is 0.152. The van der Waals surface area contributed by atoms with Crippen LogP contribution in [0.15, 0.2) is 65.1 Å². The van der Waals surface area contributed by atoms with Gasteiger partial charge < -0.3 is 18.9 Å². The first-order chi connectivity index (χ1) is 14.8. The molecule has 3 heterocycles. The highest BCUT2D eigenvalue weighted by Gasteiger charge is 2.33. The van der Waals surface area contributed by atoms with Crippen LogP contribution < -0.4 is 4.74 Å². The van der Waals surface area contributed by atoms with Crippen molar-refractivity contribution in [3.8, 4) is 5.75 Å². The third-order valence-electron chi connectivity index (χ3n) is 5.93. The third kappa shape index (κ3) is 3.30. The van der Waals surface area contributed by atoms with Crippen molar-refractivity contribution >= 4 is 10.9 Å². The smallest absolute Gasteiger partial charge is 0.129 e. The first-order valence-corrected chi connectivity index (χ1v) is 10.3. The SMILES string of the molecule is COCc1ccc(CN2CCc3c([nH]c4ccccc34)[C@H]2c2ccccc2OC)o1. The predicted octanol–water partition coefficient (Wildman–Crippen LogP) is 5.06. The number of nitrogens with zero attached hydrogens (tertiary/aromatic N) is 1. The van der Waals surface area contributed by atoms with E-state index in [1.807, 2.05) is 24.3 Å². The van der Waals surface area contributed by atoms with Gasteiger partial charge in [0.05, 0.1) is 19.7 Å². The van der Waals surface area contributed by atoms with Crippen LogP contribution in [0.2, 0.25) is 0 Å². The molecule has 0 radical (unpaired) electrons. The van der Waals surface area contributed by atoms with Crippen LogP contribution in [0.4, 0.5) is 0 Å². The van der Waals surface area contributed by atoms with Crippen LogP contribution in [0, 0.1) is 0 Å². The number of H-pyrrole nitrogens is 1. The zero-order valence-electron chi connectivity index (χ0n) is 17.4. The van der Waals surface area contributed by atoms with Gasteiger partial charge in [0.15, 0.2) is 0 Å². The number of rotatable bonds is 6. The number of nitrogens with one attached hydrogen (secondary N) is 1. The Morgan fingerprint density at radius 2 is 1.80 bits per heavy atom. The van der Waals surface area contributed by atoms with Crippen molar-refractivity contribution < 1.29 is 13.9 Å². The Morgan fingerprint density at radius 3 is 2.67 bits per heavy atom. The van der Waals surface area contributed by atoms with Crippen molar-refractivity contribution in [2.45, 2.75) is 25.6 Å². The molecule has 0 unspecified atom stereocenters. The number of hydrogen-bond donors (Lipinski definition) is 1. The summed E-state index contributed by atoms with van der Waals surface area (Å²) in [6, 6.07) is 21.0. The lowest BCUT2D eigenvalue weighted by Crippen LogP contribution is -2.35. The van der Waals surface area contributed by atoms with Gasteiger partial charge in [0.2, 0.25) is 0 Å². The molecular formula is C25H26N2O3. The number of para-hydroxylation sites is 2. The van der Waals surface area contributed by atoms with Gasteiger partial charge in [0.25, 0.3) is 0 Å². The van der Waals surface area contributed by atoms with Gasteiger partial charge in [0.1, 0.15) is 23.9 Å². The standard InChI is InChI=1S/C25H26N2O3/c1-28-16-18-12-11-17(30-18)15-27-14-13-20-19-7-3-5-9-22(19)26-24(20)25(27)21-8-4-6-10-23(21)29-2/h3-12,25-26H,13-16H2,1-2H3/t25-/m1/s1. The molecule has 4 aromatic rings. The van der Waals surface area contributed by atoms with Gasteiger partial charge in [-0.15, -0.1) is 0 Å². The first-order valence-electron chi connectivity index (χ1n) is 10.3. The molecule has 0 saturated carbocycles. The van der Waals surface area contributed by atoms with E-state index in [2.05, 4.69) is 46.3 Å². The molecular weight excluding hydrogens is 376 g/mol. The number of furan rings is 1. The second kappa shape index (κ2) is 8.01. The minimum atomic E-state index is 0.0632. The highest BCUT2D eigenvalue weighted by Crippen LogP contribution is 2.42. The maximum absolute atomic E-state index is 6.01. The summed E-state index contributed by atoms with van der Waals surface area (Å²) in [7, 11) is 3.42. The van der Waals surface area contributed by atoms with Crippen molar-refractivity contribution in [3.05, 3.63) is 89.0 Å². The maximum Gasteiger partial charge on any atom is 0.129 e. The molecule has 0 fully saturated rings. The minimum absolute atomic E-state index is 0.0632. The molecule has 1 atom stereocenters. The highest BCUT2D eigenvalue weighted by molar-refractivity contribution is 5.85. The molecule has 2 aromatic carbocycles. The molecule has 0 spiro atoms. The Balaban J connectivity index is 1.59. The Bertz CT molecular complexity index is 1160.